The summed E-state index contributed by atoms with van der Waals surface area (Å²) in [6, 6.07) is 15.0. The summed E-state index contributed by atoms with van der Waals surface area (Å²) in [6.07, 6.45) is 0.979. The molecule has 0 radical (unpaired) electrons. The van der Waals surface area contributed by atoms with Crippen LogP contribution in [0.4, 0.5) is 0 Å². The maximum absolute atomic E-state index is 12.6. The van der Waals surface area contributed by atoms with Gasteiger partial charge in [-0.25, -0.2) is 4.98 Å². The van der Waals surface area contributed by atoms with Crippen LogP contribution < -0.4 is 0 Å². The first-order valence-corrected chi connectivity index (χ1v) is 8.14. The van der Waals surface area contributed by atoms with Crippen LogP contribution in [0.5, 0.6) is 0 Å². The van der Waals surface area contributed by atoms with E-state index in [9.17, 15) is 9.90 Å². The molecule has 5 nitrogen and oxygen atoms in total. The minimum Gasteiger partial charge on any atom is -0.436 e. The van der Waals surface area contributed by atoms with Crippen LogP contribution in [0, 0.1) is 0 Å². The lowest BCUT2D eigenvalue weighted by Crippen LogP contribution is -2.40. The molecule has 0 atom stereocenters. The fourth-order valence-corrected chi connectivity index (χ4v) is 3.02. The van der Waals surface area contributed by atoms with Gasteiger partial charge >= 0.3 is 0 Å². The van der Waals surface area contributed by atoms with Gasteiger partial charge in [0.05, 0.1) is 6.10 Å². The second kappa shape index (κ2) is 6.09. The SMILES string of the molecule is O=C(c1ccc2oc(-c3ccccc3)nc2c1)N1CCC(O)CC1. The van der Waals surface area contributed by atoms with E-state index in [4.69, 9.17) is 4.42 Å². The van der Waals surface area contributed by atoms with Crippen LogP contribution in [0.3, 0.4) is 0 Å². The highest BCUT2D eigenvalue weighted by atomic mass is 16.3. The first kappa shape index (κ1) is 14.9. The van der Waals surface area contributed by atoms with Crippen molar-refractivity contribution in [1.29, 1.82) is 0 Å². The molecule has 0 unspecified atom stereocenters. The Hall–Kier alpha value is -2.66. The van der Waals surface area contributed by atoms with Gasteiger partial charge in [0, 0.05) is 24.2 Å². The Morgan fingerprint density at radius 1 is 1.12 bits per heavy atom. The number of piperidine rings is 1. The Kier molecular flexibility index (Phi) is 3.78. The van der Waals surface area contributed by atoms with E-state index in [-0.39, 0.29) is 12.0 Å². The predicted molar refractivity (Wildman–Crippen MR) is 90.6 cm³/mol. The molecule has 2 aromatic carbocycles. The molecule has 1 saturated heterocycles. The number of carbonyl (C=O) groups excluding carboxylic acids is 1. The van der Waals surface area contributed by atoms with Crippen LogP contribution in [0.2, 0.25) is 0 Å². The maximum atomic E-state index is 12.6. The summed E-state index contributed by atoms with van der Waals surface area (Å²) in [4.78, 5) is 18.9. The van der Waals surface area contributed by atoms with Gasteiger partial charge in [-0.1, -0.05) is 18.2 Å². The Balaban J connectivity index is 1.62. The number of aromatic nitrogens is 1. The number of hydrogen-bond acceptors (Lipinski definition) is 4. The number of aliphatic hydroxyl groups excluding tert-OH is 1. The first-order chi connectivity index (χ1) is 11.7. The van der Waals surface area contributed by atoms with Gasteiger partial charge in [0.1, 0.15) is 5.52 Å². The second-order valence-corrected chi connectivity index (χ2v) is 6.09. The second-order valence-electron chi connectivity index (χ2n) is 6.09. The van der Waals surface area contributed by atoms with Gasteiger partial charge in [-0.2, -0.15) is 0 Å². The quantitative estimate of drug-likeness (QED) is 0.787. The molecule has 1 fully saturated rings. The Bertz CT molecular complexity index is 865. The molecule has 1 aromatic heterocycles. The smallest absolute Gasteiger partial charge is 0.253 e. The van der Waals surface area contributed by atoms with E-state index >= 15 is 0 Å². The Labute approximate surface area is 139 Å². The number of benzene rings is 2. The third-order valence-corrected chi connectivity index (χ3v) is 4.41. The number of fused-ring (bicyclic) bond motifs is 1. The molecule has 1 aliphatic heterocycles. The summed E-state index contributed by atoms with van der Waals surface area (Å²) in [5, 5.41) is 9.57. The van der Waals surface area contributed by atoms with E-state index in [0.717, 1.165) is 5.56 Å². The Morgan fingerprint density at radius 2 is 1.88 bits per heavy atom. The van der Waals surface area contributed by atoms with Gasteiger partial charge in [-0.15, -0.1) is 0 Å². The average Bonchev–Trinajstić information content (AvgIpc) is 3.06. The van der Waals surface area contributed by atoms with Gasteiger partial charge in [0.2, 0.25) is 5.89 Å². The largest absolute Gasteiger partial charge is 0.436 e. The third kappa shape index (κ3) is 2.78. The summed E-state index contributed by atoms with van der Waals surface area (Å²) < 4.78 is 5.78. The molecule has 0 spiro atoms. The number of likely N-dealkylation sites (tertiary alicyclic amines) is 1. The monoisotopic (exact) mass is 322 g/mol. The number of oxazole rings is 1. The van der Waals surface area contributed by atoms with Crippen LogP contribution in [0.1, 0.15) is 23.2 Å². The molecule has 1 N–H and O–H groups in total. The van der Waals surface area contributed by atoms with Crippen LogP contribution >= 0.6 is 0 Å². The number of amides is 1. The molecule has 24 heavy (non-hydrogen) atoms. The van der Waals surface area contributed by atoms with E-state index in [1.165, 1.54) is 0 Å². The number of nitrogens with zero attached hydrogens (tertiary/aromatic N) is 2. The zero-order valence-corrected chi connectivity index (χ0v) is 13.2. The van der Waals surface area contributed by atoms with Crippen molar-refractivity contribution in [3.8, 4) is 11.5 Å². The predicted octanol–water partition coefficient (Wildman–Crippen LogP) is 3.09. The molecule has 0 saturated carbocycles. The third-order valence-electron chi connectivity index (χ3n) is 4.41. The average molecular weight is 322 g/mol. The lowest BCUT2D eigenvalue weighted by Gasteiger charge is -2.29. The van der Waals surface area contributed by atoms with Crippen molar-refractivity contribution in [3.05, 3.63) is 54.1 Å². The van der Waals surface area contributed by atoms with Gasteiger partial charge in [-0.3, -0.25) is 4.79 Å². The highest BCUT2D eigenvalue weighted by Crippen LogP contribution is 2.25. The van der Waals surface area contributed by atoms with Gasteiger partial charge in [0.15, 0.2) is 5.58 Å². The van der Waals surface area contributed by atoms with Crippen LogP contribution in [-0.4, -0.2) is 40.1 Å². The number of aliphatic hydroxyl groups is 1. The minimum atomic E-state index is -0.291. The van der Waals surface area contributed by atoms with Crippen LogP contribution in [0.15, 0.2) is 52.9 Å². The van der Waals surface area contributed by atoms with E-state index in [1.54, 1.807) is 23.1 Å². The van der Waals surface area contributed by atoms with Crippen molar-refractivity contribution in [2.45, 2.75) is 18.9 Å². The molecule has 0 aliphatic carbocycles. The topological polar surface area (TPSA) is 66.6 Å². The molecule has 5 heteroatoms. The van der Waals surface area contributed by atoms with E-state index < -0.39 is 0 Å². The molecule has 0 bridgehead atoms. The van der Waals surface area contributed by atoms with Crippen molar-refractivity contribution < 1.29 is 14.3 Å². The highest BCUT2D eigenvalue weighted by molar-refractivity contribution is 5.97. The molecular formula is C19H18N2O3. The van der Waals surface area contributed by atoms with Crippen molar-refractivity contribution in [3.63, 3.8) is 0 Å². The Morgan fingerprint density at radius 3 is 2.62 bits per heavy atom. The molecule has 122 valence electrons. The minimum absolute atomic E-state index is 0.0203. The van der Waals surface area contributed by atoms with E-state index in [1.807, 2.05) is 30.3 Å². The lowest BCUT2D eigenvalue weighted by molar-refractivity contribution is 0.0546. The zero-order valence-electron chi connectivity index (χ0n) is 13.2. The molecule has 1 amide bonds. The first-order valence-electron chi connectivity index (χ1n) is 8.14. The van der Waals surface area contributed by atoms with E-state index in [2.05, 4.69) is 4.98 Å². The summed E-state index contributed by atoms with van der Waals surface area (Å²) in [6.45, 7) is 1.18. The summed E-state index contributed by atoms with van der Waals surface area (Å²) in [5.74, 6) is 0.532. The number of rotatable bonds is 2. The zero-order chi connectivity index (χ0) is 16.5. The van der Waals surface area contributed by atoms with Crippen LogP contribution in [0.25, 0.3) is 22.6 Å². The molecule has 2 heterocycles. The van der Waals surface area contributed by atoms with Crippen molar-refractivity contribution in [1.82, 2.24) is 9.88 Å². The molecule has 1 aliphatic rings. The van der Waals surface area contributed by atoms with Crippen molar-refractivity contribution >= 4 is 17.0 Å². The lowest BCUT2D eigenvalue weighted by atomic mass is 10.1. The highest BCUT2D eigenvalue weighted by Gasteiger charge is 2.23. The van der Waals surface area contributed by atoms with Gasteiger partial charge in [0.25, 0.3) is 5.91 Å². The molecular weight excluding hydrogens is 304 g/mol. The van der Waals surface area contributed by atoms with Crippen molar-refractivity contribution in [2.75, 3.05) is 13.1 Å². The number of hydrogen-bond donors (Lipinski definition) is 1. The fraction of sp³-hybridized carbons (Fsp3) is 0.263. The normalized spacial score (nSPS) is 15.8. The number of carbonyl (C=O) groups is 1. The summed E-state index contributed by atoms with van der Waals surface area (Å²) >= 11 is 0. The maximum Gasteiger partial charge on any atom is 0.253 e. The van der Waals surface area contributed by atoms with E-state index in [0.29, 0.717) is 48.5 Å². The standard InChI is InChI=1S/C19H18N2O3/c22-15-8-10-21(11-9-15)19(23)14-6-7-17-16(12-14)20-18(24-17)13-4-2-1-3-5-13/h1-7,12,15,22H,8-11H2. The molecule has 4 rings (SSSR count). The van der Waals surface area contributed by atoms with Gasteiger partial charge < -0.3 is 14.4 Å². The van der Waals surface area contributed by atoms with Gasteiger partial charge in [-0.05, 0) is 43.2 Å². The fourth-order valence-electron chi connectivity index (χ4n) is 3.02. The summed E-state index contributed by atoms with van der Waals surface area (Å²) in [7, 11) is 0. The molecule has 3 aromatic rings. The van der Waals surface area contributed by atoms with Crippen LogP contribution in [-0.2, 0) is 0 Å². The summed E-state index contributed by atoms with van der Waals surface area (Å²) in [5.41, 5.74) is 2.86. The van der Waals surface area contributed by atoms with Crippen molar-refractivity contribution in [2.24, 2.45) is 0 Å².